The zero-order valence-corrected chi connectivity index (χ0v) is 12.7. The van der Waals surface area contributed by atoms with Gasteiger partial charge in [0.15, 0.2) is 5.69 Å². The van der Waals surface area contributed by atoms with Crippen molar-refractivity contribution < 1.29 is 9.53 Å². The quantitative estimate of drug-likeness (QED) is 0.799. The predicted octanol–water partition coefficient (Wildman–Crippen LogP) is 2.23. The molecule has 1 aromatic carbocycles. The molecule has 3 aromatic rings. The number of anilines is 1. The summed E-state index contributed by atoms with van der Waals surface area (Å²) in [5, 5.41) is 11.3. The van der Waals surface area contributed by atoms with E-state index >= 15 is 0 Å². The Labute approximate surface area is 132 Å². The Balaban J connectivity index is 1.81. The van der Waals surface area contributed by atoms with Gasteiger partial charge in [0, 0.05) is 6.07 Å². The van der Waals surface area contributed by atoms with Crippen LogP contribution in [0, 0.1) is 6.92 Å². The third-order valence-electron chi connectivity index (χ3n) is 3.19. The zero-order valence-electron chi connectivity index (χ0n) is 12.7. The summed E-state index contributed by atoms with van der Waals surface area (Å²) in [6.45, 7) is 1.74. The molecule has 0 aliphatic carbocycles. The smallest absolute Gasteiger partial charge is 0.278 e. The van der Waals surface area contributed by atoms with Crippen LogP contribution in [0.3, 0.4) is 0 Å². The molecule has 1 N–H and O–H groups in total. The molecule has 7 nitrogen and oxygen atoms in total. The molecule has 0 aliphatic rings. The maximum Gasteiger partial charge on any atom is 0.278 e. The Bertz CT molecular complexity index is 812. The van der Waals surface area contributed by atoms with Crippen LogP contribution < -0.4 is 10.1 Å². The standard InChI is InChI=1S/C16H15N5O2/c1-11-15(20-21(19-11)13-6-4-3-5-7-13)16(22)18-12-8-9-14(23-2)17-10-12/h3-10H,1-2H3,(H,18,22). The summed E-state index contributed by atoms with van der Waals surface area (Å²) >= 11 is 0. The van der Waals surface area contributed by atoms with Crippen LogP contribution in [-0.2, 0) is 0 Å². The number of aromatic nitrogens is 4. The van der Waals surface area contributed by atoms with Gasteiger partial charge in [-0.25, -0.2) is 4.98 Å². The van der Waals surface area contributed by atoms with Crippen molar-refractivity contribution in [2.45, 2.75) is 6.92 Å². The second-order valence-electron chi connectivity index (χ2n) is 4.80. The summed E-state index contributed by atoms with van der Waals surface area (Å²) in [5.74, 6) is 0.144. The fourth-order valence-electron chi connectivity index (χ4n) is 2.03. The van der Waals surface area contributed by atoms with E-state index in [4.69, 9.17) is 4.74 Å². The average Bonchev–Trinajstić information content (AvgIpc) is 2.98. The second kappa shape index (κ2) is 6.27. The summed E-state index contributed by atoms with van der Waals surface area (Å²) in [6, 6.07) is 12.8. The van der Waals surface area contributed by atoms with Gasteiger partial charge in [0.05, 0.1) is 30.4 Å². The maximum absolute atomic E-state index is 12.3. The van der Waals surface area contributed by atoms with Gasteiger partial charge in [0.2, 0.25) is 5.88 Å². The van der Waals surface area contributed by atoms with E-state index in [1.807, 2.05) is 30.3 Å². The van der Waals surface area contributed by atoms with Crippen LogP contribution in [0.1, 0.15) is 16.2 Å². The number of pyridine rings is 1. The summed E-state index contributed by atoms with van der Waals surface area (Å²) in [5.41, 5.74) is 2.17. The highest BCUT2D eigenvalue weighted by molar-refractivity contribution is 6.03. The van der Waals surface area contributed by atoms with Crippen LogP contribution in [0.4, 0.5) is 5.69 Å². The van der Waals surface area contributed by atoms with Gasteiger partial charge in [-0.2, -0.15) is 9.90 Å². The minimum atomic E-state index is -0.336. The Morgan fingerprint density at radius 2 is 1.91 bits per heavy atom. The predicted molar refractivity (Wildman–Crippen MR) is 84.8 cm³/mol. The van der Waals surface area contributed by atoms with Crippen LogP contribution in [0.25, 0.3) is 5.69 Å². The van der Waals surface area contributed by atoms with E-state index < -0.39 is 0 Å². The van der Waals surface area contributed by atoms with E-state index in [1.165, 1.54) is 18.1 Å². The van der Waals surface area contributed by atoms with Crippen molar-refractivity contribution >= 4 is 11.6 Å². The number of carbonyl (C=O) groups excluding carboxylic acids is 1. The molecule has 0 saturated heterocycles. The van der Waals surface area contributed by atoms with Crippen LogP contribution >= 0.6 is 0 Å². The monoisotopic (exact) mass is 309 g/mol. The fraction of sp³-hybridized carbons (Fsp3) is 0.125. The van der Waals surface area contributed by atoms with Crippen LogP contribution in [0.5, 0.6) is 5.88 Å². The zero-order chi connectivity index (χ0) is 16.2. The Kier molecular flexibility index (Phi) is 4.01. The van der Waals surface area contributed by atoms with E-state index in [2.05, 4.69) is 20.5 Å². The van der Waals surface area contributed by atoms with Gasteiger partial charge in [0.25, 0.3) is 5.91 Å². The van der Waals surface area contributed by atoms with Gasteiger partial charge in [-0.05, 0) is 25.1 Å². The molecule has 0 fully saturated rings. The molecule has 116 valence electrons. The number of nitrogens with one attached hydrogen (secondary N) is 1. The number of ether oxygens (including phenoxy) is 1. The molecule has 23 heavy (non-hydrogen) atoms. The first-order chi connectivity index (χ1) is 11.2. The number of nitrogens with zero attached hydrogens (tertiary/aromatic N) is 4. The summed E-state index contributed by atoms with van der Waals surface area (Å²) < 4.78 is 4.98. The lowest BCUT2D eigenvalue weighted by molar-refractivity contribution is 0.102. The number of amides is 1. The van der Waals surface area contributed by atoms with Gasteiger partial charge in [0.1, 0.15) is 0 Å². The maximum atomic E-state index is 12.3. The topological polar surface area (TPSA) is 81.9 Å². The van der Waals surface area contributed by atoms with Crippen LogP contribution in [0.15, 0.2) is 48.7 Å². The summed E-state index contributed by atoms with van der Waals surface area (Å²) in [4.78, 5) is 17.8. The molecular weight excluding hydrogens is 294 g/mol. The van der Waals surface area contributed by atoms with Crippen molar-refractivity contribution in [2.75, 3.05) is 12.4 Å². The number of hydrogen-bond acceptors (Lipinski definition) is 5. The van der Waals surface area contributed by atoms with Gasteiger partial charge >= 0.3 is 0 Å². The third kappa shape index (κ3) is 3.18. The van der Waals surface area contributed by atoms with Crippen molar-refractivity contribution in [3.63, 3.8) is 0 Å². The van der Waals surface area contributed by atoms with E-state index in [0.717, 1.165) is 5.69 Å². The molecule has 3 rings (SSSR count). The number of benzene rings is 1. The van der Waals surface area contributed by atoms with Crippen molar-refractivity contribution in [3.8, 4) is 11.6 Å². The van der Waals surface area contributed by atoms with Gasteiger partial charge in [-0.1, -0.05) is 18.2 Å². The minimum Gasteiger partial charge on any atom is -0.481 e. The molecule has 0 bridgehead atoms. The second-order valence-corrected chi connectivity index (χ2v) is 4.80. The summed E-state index contributed by atoms with van der Waals surface area (Å²) in [6.07, 6.45) is 1.52. The lowest BCUT2D eigenvalue weighted by atomic mass is 10.3. The normalized spacial score (nSPS) is 10.3. The number of methoxy groups -OCH3 is 1. The first-order valence-electron chi connectivity index (χ1n) is 6.98. The molecule has 0 unspecified atom stereocenters. The van der Waals surface area contributed by atoms with Crippen molar-refractivity contribution in [2.24, 2.45) is 0 Å². The third-order valence-corrected chi connectivity index (χ3v) is 3.19. The SMILES string of the molecule is COc1ccc(NC(=O)c2nn(-c3ccccc3)nc2C)cn1. The fourth-order valence-corrected chi connectivity index (χ4v) is 2.03. The number of rotatable bonds is 4. The lowest BCUT2D eigenvalue weighted by Gasteiger charge is -2.04. The Hall–Kier alpha value is -3.22. The molecule has 0 spiro atoms. The Morgan fingerprint density at radius 3 is 2.57 bits per heavy atom. The van der Waals surface area contributed by atoms with Crippen molar-refractivity contribution in [3.05, 3.63) is 60.0 Å². The molecule has 2 aromatic heterocycles. The van der Waals surface area contributed by atoms with Gasteiger partial charge in [-0.3, -0.25) is 4.79 Å². The Morgan fingerprint density at radius 1 is 1.13 bits per heavy atom. The van der Waals surface area contributed by atoms with Crippen molar-refractivity contribution in [1.29, 1.82) is 0 Å². The lowest BCUT2D eigenvalue weighted by Crippen LogP contribution is -2.14. The summed E-state index contributed by atoms with van der Waals surface area (Å²) in [7, 11) is 1.53. The number of aryl methyl sites for hydroxylation is 1. The molecule has 0 radical (unpaired) electrons. The highest BCUT2D eigenvalue weighted by Crippen LogP contribution is 2.13. The van der Waals surface area contributed by atoms with E-state index in [0.29, 0.717) is 17.3 Å². The number of para-hydroxylation sites is 1. The molecule has 0 atom stereocenters. The van der Waals surface area contributed by atoms with Gasteiger partial charge in [-0.15, -0.1) is 5.10 Å². The average molecular weight is 309 g/mol. The number of carbonyl (C=O) groups is 1. The van der Waals surface area contributed by atoms with E-state index in [9.17, 15) is 4.79 Å². The molecular formula is C16H15N5O2. The highest BCUT2D eigenvalue weighted by atomic mass is 16.5. The molecule has 7 heteroatoms. The minimum absolute atomic E-state index is 0.268. The molecule has 2 heterocycles. The molecule has 1 amide bonds. The number of hydrogen-bond donors (Lipinski definition) is 1. The highest BCUT2D eigenvalue weighted by Gasteiger charge is 2.16. The molecule has 0 saturated carbocycles. The van der Waals surface area contributed by atoms with Gasteiger partial charge < -0.3 is 10.1 Å². The van der Waals surface area contributed by atoms with Crippen molar-refractivity contribution in [1.82, 2.24) is 20.0 Å². The first kappa shape index (κ1) is 14.7. The van der Waals surface area contributed by atoms with E-state index in [-0.39, 0.29) is 11.6 Å². The first-order valence-corrected chi connectivity index (χ1v) is 6.98. The van der Waals surface area contributed by atoms with Crippen LogP contribution in [0.2, 0.25) is 0 Å². The van der Waals surface area contributed by atoms with E-state index in [1.54, 1.807) is 19.1 Å². The van der Waals surface area contributed by atoms with Crippen LogP contribution in [-0.4, -0.2) is 33.0 Å². The largest absolute Gasteiger partial charge is 0.481 e. The molecule has 0 aliphatic heterocycles.